The molecular formula is C14H17ClO2. The second-order valence-electron chi connectivity index (χ2n) is 4.79. The summed E-state index contributed by atoms with van der Waals surface area (Å²) in [4.78, 5) is 10.9. The molecule has 0 aliphatic heterocycles. The molecule has 1 saturated carbocycles. The summed E-state index contributed by atoms with van der Waals surface area (Å²) in [6, 6.07) is 5.26. The Morgan fingerprint density at radius 3 is 2.94 bits per heavy atom. The zero-order valence-electron chi connectivity index (χ0n) is 9.99. The minimum absolute atomic E-state index is 0.192. The molecule has 0 aromatic heterocycles. The summed E-state index contributed by atoms with van der Waals surface area (Å²) in [7, 11) is 0. The lowest BCUT2D eigenvalue weighted by Gasteiger charge is -2.28. The predicted octanol–water partition coefficient (Wildman–Crippen LogP) is 4.11. The fourth-order valence-corrected chi connectivity index (χ4v) is 2.62. The number of benzene rings is 1. The molecule has 1 aliphatic carbocycles. The molecule has 1 aliphatic rings. The Labute approximate surface area is 107 Å². The maximum absolute atomic E-state index is 10.9. The number of hydrogen-bond acceptors (Lipinski definition) is 2. The first kappa shape index (κ1) is 12.4. The quantitative estimate of drug-likeness (QED) is 0.757. The summed E-state index contributed by atoms with van der Waals surface area (Å²) >= 11 is 6.08. The molecule has 2 unspecified atom stereocenters. The third kappa shape index (κ3) is 3.01. The van der Waals surface area contributed by atoms with Gasteiger partial charge in [0.15, 0.2) is 6.29 Å². The molecule has 0 radical (unpaired) electrons. The Hall–Kier alpha value is -1.02. The van der Waals surface area contributed by atoms with E-state index in [0.717, 1.165) is 19.1 Å². The van der Waals surface area contributed by atoms with Gasteiger partial charge in [-0.15, -0.1) is 0 Å². The Kier molecular flexibility index (Phi) is 4.06. The fourth-order valence-electron chi connectivity index (χ4n) is 2.39. The third-order valence-electron chi connectivity index (χ3n) is 3.30. The van der Waals surface area contributed by atoms with Crippen molar-refractivity contribution in [1.82, 2.24) is 0 Å². The van der Waals surface area contributed by atoms with Gasteiger partial charge in [-0.3, -0.25) is 4.79 Å². The highest BCUT2D eigenvalue weighted by atomic mass is 35.5. The van der Waals surface area contributed by atoms with E-state index in [9.17, 15) is 4.79 Å². The van der Waals surface area contributed by atoms with Crippen molar-refractivity contribution in [2.24, 2.45) is 5.92 Å². The van der Waals surface area contributed by atoms with Gasteiger partial charge in [0.2, 0.25) is 0 Å². The van der Waals surface area contributed by atoms with E-state index in [1.807, 2.05) is 0 Å². The van der Waals surface area contributed by atoms with Crippen LogP contribution < -0.4 is 4.74 Å². The van der Waals surface area contributed by atoms with Crippen LogP contribution in [-0.4, -0.2) is 12.4 Å². The van der Waals surface area contributed by atoms with Crippen molar-refractivity contribution in [1.29, 1.82) is 0 Å². The fraction of sp³-hybridized carbons (Fsp3) is 0.500. The maximum Gasteiger partial charge on any atom is 0.153 e. The SMILES string of the molecule is CC1CCCC(Oc2c(Cl)cccc2C=O)C1. The second-order valence-corrected chi connectivity index (χ2v) is 5.19. The van der Waals surface area contributed by atoms with Crippen LogP contribution in [0, 0.1) is 5.92 Å². The molecule has 17 heavy (non-hydrogen) atoms. The van der Waals surface area contributed by atoms with E-state index in [1.165, 1.54) is 12.8 Å². The normalized spacial score (nSPS) is 24.4. The van der Waals surface area contributed by atoms with Crippen molar-refractivity contribution < 1.29 is 9.53 Å². The molecule has 3 heteroatoms. The smallest absolute Gasteiger partial charge is 0.153 e. The molecule has 0 spiro atoms. The molecule has 1 aromatic rings. The van der Waals surface area contributed by atoms with Gasteiger partial charge in [-0.2, -0.15) is 0 Å². The maximum atomic E-state index is 10.9. The van der Waals surface area contributed by atoms with E-state index in [4.69, 9.17) is 16.3 Å². The Morgan fingerprint density at radius 2 is 2.24 bits per heavy atom. The number of aldehydes is 1. The van der Waals surface area contributed by atoms with Crippen LogP contribution in [0.3, 0.4) is 0 Å². The van der Waals surface area contributed by atoms with Gasteiger partial charge in [-0.05, 0) is 37.3 Å². The average Bonchev–Trinajstić information content (AvgIpc) is 2.32. The van der Waals surface area contributed by atoms with Gasteiger partial charge >= 0.3 is 0 Å². The lowest BCUT2D eigenvalue weighted by molar-refractivity contribution is 0.109. The molecule has 0 saturated heterocycles. The monoisotopic (exact) mass is 252 g/mol. The zero-order chi connectivity index (χ0) is 12.3. The minimum atomic E-state index is 0.192. The van der Waals surface area contributed by atoms with Gasteiger partial charge in [0.1, 0.15) is 5.75 Å². The summed E-state index contributed by atoms with van der Waals surface area (Å²) in [6.45, 7) is 2.24. The molecule has 1 aromatic carbocycles. The van der Waals surface area contributed by atoms with Crippen LogP contribution in [-0.2, 0) is 0 Å². The Balaban J connectivity index is 2.14. The predicted molar refractivity (Wildman–Crippen MR) is 68.9 cm³/mol. The number of carbonyl (C=O) groups excluding carboxylic acids is 1. The lowest BCUT2D eigenvalue weighted by Crippen LogP contribution is -2.24. The van der Waals surface area contributed by atoms with Crippen LogP contribution in [0.25, 0.3) is 0 Å². The van der Waals surface area contributed by atoms with E-state index < -0.39 is 0 Å². The minimum Gasteiger partial charge on any atom is -0.488 e. The lowest BCUT2D eigenvalue weighted by atomic mass is 9.88. The molecule has 0 amide bonds. The Morgan fingerprint density at radius 1 is 1.41 bits per heavy atom. The topological polar surface area (TPSA) is 26.3 Å². The summed E-state index contributed by atoms with van der Waals surface area (Å²) < 4.78 is 5.92. The van der Waals surface area contributed by atoms with Crippen LogP contribution >= 0.6 is 11.6 Å². The van der Waals surface area contributed by atoms with Gasteiger partial charge in [-0.25, -0.2) is 0 Å². The number of para-hydroxylation sites is 1. The molecule has 2 rings (SSSR count). The van der Waals surface area contributed by atoms with Gasteiger partial charge in [0.25, 0.3) is 0 Å². The van der Waals surface area contributed by atoms with Crippen molar-refractivity contribution in [3.8, 4) is 5.75 Å². The first-order chi connectivity index (χ1) is 8.20. The molecule has 1 fully saturated rings. The van der Waals surface area contributed by atoms with E-state index in [2.05, 4.69) is 6.92 Å². The van der Waals surface area contributed by atoms with E-state index in [1.54, 1.807) is 18.2 Å². The van der Waals surface area contributed by atoms with Crippen molar-refractivity contribution in [3.63, 3.8) is 0 Å². The van der Waals surface area contributed by atoms with Crippen molar-refractivity contribution >= 4 is 17.9 Å². The number of ether oxygens (including phenoxy) is 1. The number of halogens is 1. The first-order valence-electron chi connectivity index (χ1n) is 6.11. The summed E-state index contributed by atoms with van der Waals surface area (Å²) in [6.07, 6.45) is 5.54. The van der Waals surface area contributed by atoms with E-state index in [-0.39, 0.29) is 6.10 Å². The molecule has 2 atom stereocenters. The van der Waals surface area contributed by atoms with Gasteiger partial charge in [0, 0.05) is 0 Å². The van der Waals surface area contributed by atoms with Crippen molar-refractivity contribution in [2.45, 2.75) is 38.7 Å². The second kappa shape index (κ2) is 5.54. The standard InChI is InChI=1S/C14H17ClO2/c1-10-4-2-6-12(8-10)17-14-11(9-16)5-3-7-13(14)15/h3,5,7,9-10,12H,2,4,6,8H2,1H3. The van der Waals surface area contributed by atoms with Gasteiger partial charge in [-0.1, -0.05) is 31.0 Å². The molecule has 0 bridgehead atoms. The Bertz CT molecular complexity index is 403. The van der Waals surface area contributed by atoms with Crippen molar-refractivity contribution in [3.05, 3.63) is 28.8 Å². The van der Waals surface area contributed by atoms with Crippen LogP contribution in [0.15, 0.2) is 18.2 Å². The van der Waals surface area contributed by atoms with Crippen LogP contribution in [0.5, 0.6) is 5.75 Å². The van der Waals surface area contributed by atoms with Crippen LogP contribution in [0.4, 0.5) is 0 Å². The molecule has 92 valence electrons. The highest BCUT2D eigenvalue weighted by Crippen LogP contribution is 2.33. The summed E-state index contributed by atoms with van der Waals surface area (Å²) in [5, 5.41) is 0.521. The highest BCUT2D eigenvalue weighted by Gasteiger charge is 2.22. The average molecular weight is 253 g/mol. The first-order valence-corrected chi connectivity index (χ1v) is 6.49. The van der Waals surface area contributed by atoms with E-state index in [0.29, 0.717) is 22.3 Å². The molecular weight excluding hydrogens is 236 g/mol. The third-order valence-corrected chi connectivity index (χ3v) is 3.59. The van der Waals surface area contributed by atoms with E-state index >= 15 is 0 Å². The molecule has 0 N–H and O–H groups in total. The zero-order valence-corrected chi connectivity index (χ0v) is 10.7. The van der Waals surface area contributed by atoms with Gasteiger partial charge in [0.05, 0.1) is 16.7 Å². The summed E-state index contributed by atoms with van der Waals surface area (Å²) in [5.41, 5.74) is 0.538. The largest absolute Gasteiger partial charge is 0.488 e. The number of carbonyl (C=O) groups is 1. The van der Waals surface area contributed by atoms with Crippen LogP contribution in [0.2, 0.25) is 5.02 Å². The van der Waals surface area contributed by atoms with Crippen molar-refractivity contribution in [2.75, 3.05) is 0 Å². The van der Waals surface area contributed by atoms with Gasteiger partial charge < -0.3 is 4.74 Å². The van der Waals surface area contributed by atoms with Crippen LogP contribution in [0.1, 0.15) is 43.0 Å². The highest BCUT2D eigenvalue weighted by molar-refractivity contribution is 6.32. The number of hydrogen-bond donors (Lipinski definition) is 0. The molecule has 0 heterocycles. The summed E-state index contributed by atoms with van der Waals surface area (Å²) in [5.74, 6) is 1.24. The molecule has 2 nitrogen and oxygen atoms in total. The number of rotatable bonds is 3.